The third-order valence-corrected chi connectivity index (χ3v) is 3.20. The van der Waals surface area contributed by atoms with Gasteiger partial charge in [-0.05, 0) is 42.8 Å². The number of likely N-dealkylation sites (N-methyl/N-ethyl adjacent to an activating group) is 1. The number of benzene rings is 1. The fourth-order valence-electron chi connectivity index (χ4n) is 2.13. The number of carbonyl (C=O) groups is 1. The first kappa shape index (κ1) is 13.3. The lowest BCUT2D eigenvalue weighted by Crippen LogP contribution is -2.21. The summed E-state index contributed by atoms with van der Waals surface area (Å²) in [6.07, 6.45) is 3.61. The van der Waals surface area contributed by atoms with Gasteiger partial charge in [0.1, 0.15) is 6.29 Å². The summed E-state index contributed by atoms with van der Waals surface area (Å²) in [5, 5.41) is 0. The summed E-state index contributed by atoms with van der Waals surface area (Å²) in [7, 11) is 2.06. The Morgan fingerprint density at radius 1 is 1.26 bits per heavy atom. The van der Waals surface area contributed by atoms with Gasteiger partial charge in [-0.3, -0.25) is 9.78 Å². The van der Waals surface area contributed by atoms with E-state index in [-0.39, 0.29) is 0 Å². The smallest absolute Gasteiger partial charge is 0.150 e. The maximum Gasteiger partial charge on any atom is 0.150 e. The minimum absolute atomic E-state index is 0.722. The molecule has 0 aliphatic carbocycles. The van der Waals surface area contributed by atoms with Gasteiger partial charge in [0.05, 0.1) is 0 Å². The van der Waals surface area contributed by atoms with Crippen LogP contribution >= 0.6 is 0 Å². The number of carbonyl (C=O) groups excluding carboxylic acids is 1. The molecule has 0 saturated carbocycles. The molecular formula is C16H18N2O. The van der Waals surface area contributed by atoms with E-state index in [0.29, 0.717) is 0 Å². The van der Waals surface area contributed by atoms with E-state index in [2.05, 4.69) is 16.9 Å². The van der Waals surface area contributed by atoms with Crippen molar-refractivity contribution < 1.29 is 4.79 Å². The van der Waals surface area contributed by atoms with Crippen molar-refractivity contribution >= 4 is 12.0 Å². The summed E-state index contributed by atoms with van der Waals surface area (Å²) in [6.45, 7) is 2.93. The summed E-state index contributed by atoms with van der Waals surface area (Å²) in [5.41, 5.74) is 4.09. The highest BCUT2D eigenvalue weighted by Gasteiger charge is 2.05. The van der Waals surface area contributed by atoms with Crippen LogP contribution in [-0.2, 0) is 6.42 Å². The van der Waals surface area contributed by atoms with Gasteiger partial charge in [0, 0.05) is 43.2 Å². The van der Waals surface area contributed by atoms with E-state index >= 15 is 0 Å². The number of aromatic nitrogens is 1. The van der Waals surface area contributed by atoms with Crippen LogP contribution in [0.2, 0.25) is 0 Å². The normalized spacial score (nSPS) is 10.2. The zero-order chi connectivity index (χ0) is 13.7. The number of aryl methyl sites for hydroxylation is 1. The number of hydrogen-bond donors (Lipinski definition) is 0. The second-order valence-electron chi connectivity index (χ2n) is 4.66. The molecule has 0 saturated heterocycles. The minimum atomic E-state index is 0.722. The van der Waals surface area contributed by atoms with Crippen molar-refractivity contribution in [2.45, 2.75) is 13.3 Å². The Hall–Kier alpha value is -2.16. The maximum absolute atomic E-state index is 10.7. The van der Waals surface area contributed by atoms with Crippen molar-refractivity contribution in [3.63, 3.8) is 0 Å². The molecule has 19 heavy (non-hydrogen) atoms. The predicted molar refractivity (Wildman–Crippen MR) is 77.8 cm³/mol. The van der Waals surface area contributed by atoms with Crippen molar-refractivity contribution in [2.75, 3.05) is 18.5 Å². The lowest BCUT2D eigenvalue weighted by Gasteiger charge is -2.21. The van der Waals surface area contributed by atoms with Crippen molar-refractivity contribution in [2.24, 2.45) is 0 Å². The summed E-state index contributed by atoms with van der Waals surface area (Å²) in [6, 6.07) is 11.7. The van der Waals surface area contributed by atoms with Crippen molar-refractivity contribution in [3.05, 3.63) is 59.4 Å². The Bertz CT molecular complexity index is 552. The summed E-state index contributed by atoms with van der Waals surface area (Å²) in [4.78, 5) is 17.2. The third-order valence-electron chi connectivity index (χ3n) is 3.20. The molecule has 2 rings (SSSR count). The Balaban J connectivity index is 2.04. The number of hydrogen-bond acceptors (Lipinski definition) is 3. The minimum Gasteiger partial charge on any atom is -0.374 e. The number of pyridine rings is 1. The molecule has 3 nitrogen and oxygen atoms in total. The number of rotatable bonds is 5. The molecule has 98 valence electrons. The van der Waals surface area contributed by atoms with Crippen LogP contribution in [0.4, 0.5) is 5.69 Å². The number of aldehydes is 1. The van der Waals surface area contributed by atoms with Crippen LogP contribution in [-0.4, -0.2) is 24.9 Å². The van der Waals surface area contributed by atoms with E-state index in [4.69, 9.17) is 0 Å². The first-order valence-corrected chi connectivity index (χ1v) is 6.37. The Labute approximate surface area is 113 Å². The maximum atomic E-state index is 10.7. The largest absolute Gasteiger partial charge is 0.374 e. The van der Waals surface area contributed by atoms with Gasteiger partial charge in [-0.25, -0.2) is 0 Å². The Morgan fingerprint density at radius 3 is 2.74 bits per heavy atom. The van der Waals surface area contributed by atoms with E-state index in [9.17, 15) is 4.79 Å². The van der Waals surface area contributed by atoms with Crippen LogP contribution in [0.25, 0.3) is 0 Å². The van der Waals surface area contributed by atoms with E-state index in [0.717, 1.165) is 41.8 Å². The first-order valence-electron chi connectivity index (χ1n) is 6.37. The first-order chi connectivity index (χ1) is 9.20. The summed E-state index contributed by atoms with van der Waals surface area (Å²) < 4.78 is 0. The highest BCUT2D eigenvalue weighted by atomic mass is 16.1. The second kappa shape index (κ2) is 6.14. The average molecular weight is 254 g/mol. The summed E-state index contributed by atoms with van der Waals surface area (Å²) in [5.74, 6) is 0. The molecule has 0 spiro atoms. The van der Waals surface area contributed by atoms with Crippen LogP contribution in [0.5, 0.6) is 0 Å². The molecule has 0 bridgehead atoms. The van der Waals surface area contributed by atoms with E-state index < -0.39 is 0 Å². The Kier molecular flexibility index (Phi) is 4.29. The van der Waals surface area contributed by atoms with E-state index in [1.807, 2.05) is 49.5 Å². The fraction of sp³-hybridized carbons (Fsp3) is 0.250. The molecule has 0 atom stereocenters. The highest BCUT2D eigenvalue weighted by molar-refractivity contribution is 5.76. The standard InChI is InChI=1S/C16H18N2O/c1-13-11-14(12-19)6-7-16(13)18(2)10-8-15-5-3-4-9-17-15/h3-7,9,11-12H,8,10H2,1-2H3. The lowest BCUT2D eigenvalue weighted by molar-refractivity contribution is 0.112. The SMILES string of the molecule is Cc1cc(C=O)ccc1N(C)CCc1ccccn1. The molecule has 0 aliphatic heterocycles. The van der Waals surface area contributed by atoms with E-state index in [1.165, 1.54) is 0 Å². The zero-order valence-electron chi connectivity index (χ0n) is 11.3. The van der Waals surface area contributed by atoms with Gasteiger partial charge in [0.25, 0.3) is 0 Å². The number of anilines is 1. The van der Waals surface area contributed by atoms with Crippen molar-refractivity contribution in [1.82, 2.24) is 4.98 Å². The summed E-state index contributed by atoms with van der Waals surface area (Å²) >= 11 is 0. The molecule has 1 heterocycles. The predicted octanol–water partition coefficient (Wildman–Crippen LogP) is 2.88. The van der Waals surface area contributed by atoms with Gasteiger partial charge in [-0.1, -0.05) is 6.07 Å². The lowest BCUT2D eigenvalue weighted by atomic mass is 10.1. The molecule has 3 heteroatoms. The van der Waals surface area contributed by atoms with Gasteiger partial charge in [0.2, 0.25) is 0 Å². The van der Waals surface area contributed by atoms with Crippen LogP contribution in [0.1, 0.15) is 21.6 Å². The molecule has 0 unspecified atom stereocenters. The van der Waals surface area contributed by atoms with Crippen molar-refractivity contribution in [1.29, 1.82) is 0 Å². The molecule has 0 amide bonds. The van der Waals surface area contributed by atoms with Gasteiger partial charge < -0.3 is 4.90 Å². The molecule has 0 N–H and O–H groups in total. The van der Waals surface area contributed by atoms with Crippen LogP contribution in [0.15, 0.2) is 42.6 Å². The van der Waals surface area contributed by atoms with E-state index in [1.54, 1.807) is 0 Å². The van der Waals surface area contributed by atoms with Crippen molar-refractivity contribution in [3.8, 4) is 0 Å². The van der Waals surface area contributed by atoms with Crippen LogP contribution in [0, 0.1) is 6.92 Å². The highest BCUT2D eigenvalue weighted by Crippen LogP contribution is 2.19. The van der Waals surface area contributed by atoms with Gasteiger partial charge >= 0.3 is 0 Å². The van der Waals surface area contributed by atoms with Crippen LogP contribution in [0.3, 0.4) is 0 Å². The third kappa shape index (κ3) is 3.41. The average Bonchev–Trinajstić information content (AvgIpc) is 2.45. The molecule has 1 aromatic carbocycles. The quantitative estimate of drug-likeness (QED) is 0.769. The van der Waals surface area contributed by atoms with Gasteiger partial charge in [-0.15, -0.1) is 0 Å². The molecule has 2 aromatic rings. The van der Waals surface area contributed by atoms with Crippen LogP contribution < -0.4 is 4.90 Å². The zero-order valence-corrected chi connectivity index (χ0v) is 11.3. The topological polar surface area (TPSA) is 33.2 Å². The second-order valence-corrected chi connectivity index (χ2v) is 4.66. The fourth-order valence-corrected chi connectivity index (χ4v) is 2.13. The molecular weight excluding hydrogens is 236 g/mol. The van der Waals surface area contributed by atoms with Gasteiger partial charge in [-0.2, -0.15) is 0 Å². The monoisotopic (exact) mass is 254 g/mol. The molecule has 0 radical (unpaired) electrons. The molecule has 0 aliphatic rings. The Morgan fingerprint density at radius 2 is 2.11 bits per heavy atom. The molecule has 0 fully saturated rings. The number of nitrogens with zero attached hydrogens (tertiary/aromatic N) is 2. The molecule has 1 aromatic heterocycles. The van der Waals surface area contributed by atoms with Gasteiger partial charge in [0.15, 0.2) is 0 Å².